The second kappa shape index (κ2) is 5.30. The number of aromatic nitrogens is 2. The number of fused-ring (bicyclic) bond motifs is 1. The van der Waals surface area contributed by atoms with E-state index in [9.17, 15) is 19.2 Å². The summed E-state index contributed by atoms with van der Waals surface area (Å²) in [5.41, 5.74) is -3.79. The van der Waals surface area contributed by atoms with Crippen LogP contribution in [0.5, 0.6) is 0 Å². The van der Waals surface area contributed by atoms with E-state index >= 15 is 4.39 Å². The third-order valence-corrected chi connectivity index (χ3v) is 3.74. The lowest BCUT2D eigenvalue weighted by atomic mass is 9.98. The number of hydrogen-bond donors (Lipinski definition) is 1. The summed E-state index contributed by atoms with van der Waals surface area (Å²) < 4.78 is 31.3. The van der Waals surface area contributed by atoms with Crippen LogP contribution in [-0.4, -0.2) is 46.0 Å². The number of nitrogens with one attached hydrogen (secondary N) is 1. The lowest BCUT2D eigenvalue weighted by Crippen LogP contribution is -2.47. The predicted octanol–water partition coefficient (Wildman–Crippen LogP) is -0.979. The number of H-pyrrole nitrogens is 1. The maximum Gasteiger partial charge on any atom is 0.330 e. The molecule has 1 aromatic rings. The van der Waals surface area contributed by atoms with Gasteiger partial charge in [0.2, 0.25) is 0 Å². The third kappa shape index (κ3) is 2.65. The average molecular weight is 328 g/mol. The number of cyclic esters (lactones) is 1. The first-order valence-electron chi connectivity index (χ1n) is 6.80. The Bertz CT molecular complexity index is 768. The average Bonchev–Trinajstić information content (AvgIpc) is 2.67. The van der Waals surface area contributed by atoms with Crippen LogP contribution in [0.3, 0.4) is 0 Å². The van der Waals surface area contributed by atoms with Crippen molar-refractivity contribution in [2.24, 2.45) is 0 Å². The highest BCUT2D eigenvalue weighted by Crippen LogP contribution is 2.43. The zero-order valence-electron chi connectivity index (χ0n) is 12.0. The standard InChI is InChI=1S/C13H13FN2O7/c1-13(14)10-6(5-21-8(18)4-9(19)23-10)22-11(13)16-3-2-7(17)15-12(16)20/h2-3,6,10-11H,4-5H2,1H3,(H,15,17,20)/t6-,10-,11-,13-/m1/s1. The molecule has 0 radical (unpaired) electrons. The zero-order chi connectivity index (χ0) is 16.8. The van der Waals surface area contributed by atoms with Gasteiger partial charge in [-0.3, -0.25) is 23.9 Å². The molecule has 2 fully saturated rings. The van der Waals surface area contributed by atoms with Crippen molar-refractivity contribution in [1.29, 1.82) is 0 Å². The molecular formula is C13H13FN2O7. The van der Waals surface area contributed by atoms with E-state index in [4.69, 9.17) is 14.2 Å². The number of hydrogen-bond acceptors (Lipinski definition) is 7. The lowest BCUT2D eigenvalue weighted by molar-refractivity contribution is -0.173. The van der Waals surface area contributed by atoms with E-state index in [-0.39, 0.29) is 6.61 Å². The number of alkyl halides is 1. The van der Waals surface area contributed by atoms with E-state index < -0.39 is 53.7 Å². The second-order valence-electron chi connectivity index (χ2n) is 5.47. The zero-order valence-corrected chi connectivity index (χ0v) is 12.0. The largest absolute Gasteiger partial charge is 0.462 e. The normalized spacial score (nSPS) is 34.1. The van der Waals surface area contributed by atoms with Crippen LogP contribution in [-0.2, 0) is 23.8 Å². The van der Waals surface area contributed by atoms with Crippen LogP contribution in [0, 0.1) is 0 Å². The van der Waals surface area contributed by atoms with Crippen molar-refractivity contribution in [2.75, 3.05) is 6.61 Å². The molecule has 0 saturated carbocycles. The SMILES string of the molecule is C[C@@]1(F)[C@@H]2OC(=O)CC(=O)OC[C@H]2O[C@H]1n1ccc(=O)[nH]c1=O. The molecule has 9 nitrogen and oxygen atoms in total. The minimum atomic E-state index is -2.27. The summed E-state index contributed by atoms with van der Waals surface area (Å²) in [6.45, 7) is 0.793. The molecule has 3 rings (SSSR count). The second-order valence-corrected chi connectivity index (χ2v) is 5.47. The van der Waals surface area contributed by atoms with E-state index in [2.05, 4.69) is 0 Å². The predicted molar refractivity (Wildman–Crippen MR) is 70.2 cm³/mol. The minimum absolute atomic E-state index is 0.315. The number of nitrogens with zero attached hydrogens (tertiary/aromatic N) is 1. The topological polar surface area (TPSA) is 117 Å². The van der Waals surface area contributed by atoms with E-state index in [0.29, 0.717) is 0 Å². The van der Waals surface area contributed by atoms with Crippen LogP contribution in [0.25, 0.3) is 0 Å². The molecule has 0 aromatic carbocycles. The highest BCUT2D eigenvalue weighted by Gasteiger charge is 2.59. The third-order valence-electron chi connectivity index (χ3n) is 3.74. The summed E-state index contributed by atoms with van der Waals surface area (Å²) in [7, 11) is 0. The van der Waals surface area contributed by atoms with Gasteiger partial charge < -0.3 is 14.2 Å². The number of halogens is 1. The molecule has 1 N–H and O–H groups in total. The Morgan fingerprint density at radius 2 is 2.04 bits per heavy atom. The van der Waals surface area contributed by atoms with Crippen molar-refractivity contribution in [3.05, 3.63) is 33.1 Å². The summed E-state index contributed by atoms with van der Waals surface area (Å²) in [5, 5.41) is 0. The molecular weight excluding hydrogens is 315 g/mol. The number of rotatable bonds is 1. The quantitative estimate of drug-likeness (QED) is 0.520. The molecule has 0 amide bonds. The summed E-state index contributed by atoms with van der Waals surface area (Å²) in [6, 6.07) is 1.04. The van der Waals surface area contributed by atoms with Gasteiger partial charge in [-0.15, -0.1) is 0 Å². The molecule has 0 aliphatic carbocycles. The van der Waals surface area contributed by atoms with Gasteiger partial charge in [-0.1, -0.05) is 0 Å². The van der Waals surface area contributed by atoms with Crippen molar-refractivity contribution < 1.29 is 28.2 Å². The summed E-state index contributed by atoms with van der Waals surface area (Å²) in [6.07, 6.45) is -3.42. The van der Waals surface area contributed by atoms with Crippen molar-refractivity contribution >= 4 is 11.9 Å². The highest BCUT2D eigenvalue weighted by molar-refractivity contribution is 5.91. The van der Waals surface area contributed by atoms with Gasteiger partial charge in [-0.2, -0.15) is 0 Å². The Morgan fingerprint density at radius 3 is 2.74 bits per heavy atom. The molecule has 10 heteroatoms. The van der Waals surface area contributed by atoms with Crippen LogP contribution < -0.4 is 11.2 Å². The summed E-state index contributed by atoms with van der Waals surface area (Å²) >= 11 is 0. The van der Waals surface area contributed by atoms with Gasteiger partial charge in [-0.25, -0.2) is 9.18 Å². The molecule has 23 heavy (non-hydrogen) atoms. The van der Waals surface area contributed by atoms with Crippen LogP contribution >= 0.6 is 0 Å². The van der Waals surface area contributed by atoms with E-state index in [1.165, 1.54) is 0 Å². The maximum absolute atomic E-state index is 15.2. The minimum Gasteiger partial charge on any atom is -0.462 e. The van der Waals surface area contributed by atoms with Gasteiger partial charge in [0.25, 0.3) is 5.56 Å². The van der Waals surface area contributed by atoms with Crippen molar-refractivity contribution in [2.45, 2.75) is 37.4 Å². The van der Waals surface area contributed by atoms with Crippen molar-refractivity contribution in [3.8, 4) is 0 Å². The Labute approximate surface area is 128 Å². The van der Waals surface area contributed by atoms with Gasteiger partial charge in [0.15, 0.2) is 18.0 Å². The Kier molecular flexibility index (Phi) is 3.55. The van der Waals surface area contributed by atoms with E-state index in [0.717, 1.165) is 23.8 Å². The molecule has 0 unspecified atom stereocenters. The van der Waals surface area contributed by atoms with Crippen LogP contribution in [0.1, 0.15) is 19.6 Å². The van der Waals surface area contributed by atoms with Crippen molar-refractivity contribution in [3.63, 3.8) is 0 Å². The van der Waals surface area contributed by atoms with Gasteiger partial charge in [0.05, 0.1) is 0 Å². The first-order valence-corrected chi connectivity index (χ1v) is 6.80. The first-order chi connectivity index (χ1) is 10.8. The Hall–Kier alpha value is -2.49. The van der Waals surface area contributed by atoms with Gasteiger partial charge in [0, 0.05) is 12.3 Å². The number of ether oxygens (including phenoxy) is 3. The maximum atomic E-state index is 15.2. The smallest absolute Gasteiger partial charge is 0.330 e. The fourth-order valence-corrected chi connectivity index (χ4v) is 2.67. The Balaban J connectivity index is 1.98. The van der Waals surface area contributed by atoms with Gasteiger partial charge in [0.1, 0.15) is 19.1 Å². The molecule has 0 spiro atoms. The molecule has 2 aliphatic rings. The molecule has 3 heterocycles. The fourth-order valence-electron chi connectivity index (χ4n) is 2.67. The first kappa shape index (κ1) is 15.4. The van der Waals surface area contributed by atoms with Crippen LogP contribution in [0.2, 0.25) is 0 Å². The number of carbonyl (C=O) groups is 2. The van der Waals surface area contributed by atoms with Gasteiger partial charge in [-0.05, 0) is 6.92 Å². The van der Waals surface area contributed by atoms with Crippen LogP contribution in [0.15, 0.2) is 21.9 Å². The number of carbonyl (C=O) groups excluding carboxylic acids is 2. The molecule has 2 aliphatic heterocycles. The molecule has 4 atom stereocenters. The molecule has 1 aromatic heterocycles. The van der Waals surface area contributed by atoms with E-state index in [1.54, 1.807) is 0 Å². The molecule has 124 valence electrons. The van der Waals surface area contributed by atoms with Crippen LogP contribution in [0.4, 0.5) is 4.39 Å². The fraction of sp³-hybridized carbons (Fsp3) is 0.538. The summed E-state index contributed by atoms with van der Waals surface area (Å²) in [5.74, 6) is -1.74. The monoisotopic (exact) mass is 328 g/mol. The van der Waals surface area contributed by atoms with Crippen molar-refractivity contribution in [1.82, 2.24) is 9.55 Å². The lowest BCUT2D eigenvalue weighted by Gasteiger charge is -2.28. The molecule has 2 saturated heterocycles. The summed E-state index contributed by atoms with van der Waals surface area (Å²) in [4.78, 5) is 47.8. The van der Waals surface area contributed by atoms with Gasteiger partial charge >= 0.3 is 17.6 Å². The number of esters is 2. The number of aromatic amines is 1. The van der Waals surface area contributed by atoms with E-state index in [1.807, 2.05) is 4.98 Å². The Morgan fingerprint density at radius 1 is 1.30 bits per heavy atom. The molecule has 0 bridgehead atoms. The highest BCUT2D eigenvalue weighted by atomic mass is 19.1.